The molecule has 130 valence electrons. The van der Waals surface area contributed by atoms with E-state index in [1.165, 1.54) is 29.5 Å². The predicted molar refractivity (Wildman–Crippen MR) is 103 cm³/mol. The quantitative estimate of drug-likeness (QED) is 0.800. The highest BCUT2D eigenvalue weighted by atomic mass is 16.5. The standard InChI is InChI=1S/C22H26N2O/c1-21(16-24(2)17-23-21)25-22(14-6-7-15-22)20-12-10-19(11-13-20)18-8-4-3-5-9-18/h3-5,8-13,17H,6-7,14-16H2,1-2H3. The normalized spacial score (nSPS) is 24.8. The van der Waals surface area contributed by atoms with Crippen LogP contribution in [0.5, 0.6) is 0 Å². The molecule has 2 aliphatic rings. The van der Waals surface area contributed by atoms with Crippen LogP contribution in [0, 0.1) is 0 Å². The summed E-state index contributed by atoms with van der Waals surface area (Å²) in [6, 6.07) is 19.5. The highest BCUT2D eigenvalue weighted by Gasteiger charge is 2.44. The largest absolute Gasteiger partial charge is 0.361 e. The van der Waals surface area contributed by atoms with E-state index >= 15 is 0 Å². The van der Waals surface area contributed by atoms with E-state index < -0.39 is 5.72 Å². The van der Waals surface area contributed by atoms with Gasteiger partial charge >= 0.3 is 0 Å². The van der Waals surface area contributed by atoms with Gasteiger partial charge in [0.1, 0.15) is 0 Å². The summed E-state index contributed by atoms with van der Waals surface area (Å²) >= 11 is 0. The van der Waals surface area contributed by atoms with Crippen molar-refractivity contribution in [2.75, 3.05) is 13.6 Å². The van der Waals surface area contributed by atoms with Gasteiger partial charge in [-0.05, 0) is 36.5 Å². The first-order valence-electron chi connectivity index (χ1n) is 9.20. The minimum absolute atomic E-state index is 0.202. The molecule has 0 spiro atoms. The molecule has 0 aromatic heterocycles. The van der Waals surface area contributed by atoms with Gasteiger partial charge < -0.3 is 9.64 Å². The molecule has 0 bridgehead atoms. The fourth-order valence-electron chi connectivity index (χ4n) is 4.24. The van der Waals surface area contributed by atoms with Gasteiger partial charge in [-0.2, -0.15) is 0 Å². The van der Waals surface area contributed by atoms with Crippen molar-refractivity contribution in [1.82, 2.24) is 4.90 Å². The van der Waals surface area contributed by atoms with Gasteiger partial charge in [-0.25, -0.2) is 4.99 Å². The minimum atomic E-state index is -0.447. The number of aliphatic imine (C=N–C) groups is 1. The summed E-state index contributed by atoms with van der Waals surface area (Å²) < 4.78 is 6.71. The van der Waals surface area contributed by atoms with Crippen molar-refractivity contribution in [3.8, 4) is 11.1 Å². The van der Waals surface area contributed by atoms with Crippen LogP contribution in [0.3, 0.4) is 0 Å². The first-order valence-corrected chi connectivity index (χ1v) is 9.20. The van der Waals surface area contributed by atoms with Crippen molar-refractivity contribution >= 4 is 6.34 Å². The molecule has 25 heavy (non-hydrogen) atoms. The van der Waals surface area contributed by atoms with E-state index in [1.54, 1.807) is 0 Å². The molecule has 1 aliphatic heterocycles. The van der Waals surface area contributed by atoms with Crippen LogP contribution in [-0.4, -0.2) is 30.6 Å². The second-order valence-corrected chi connectivity index (χ2v) is 7.58. The van der Waals surface area contributed by atoms with Crippen LogP contribution in [0.2, 0.25) is 0 Å². The van der Waals surface area contributed by atoms with Gasteiger partial charge in [-0.3, -0.25) is 0 Å². The molecule has 1 heterocycles. The van der Waals surface area contributed by atoms with Crippen LogP contribution in [0.25, 0.3) is 11.1 Å². The van der Waals surface area contributed by atoms with E-state index in [0.29, 0.717) is 0 Å². The predicted octanol–water partition coefficient (Wildman–Crippen LogP) is 4.83. The lowest BCUT2D eigenvalue weighted by molar-refractivity contribution is -0.146. The Morgan fingerprint density at radius 3 is 2.16 bits per heavy atom. The summed E-state index contributed by atoms with van der Waals surface area (Å²) in [5.41, 5.74) is 3.14. The first-order chi connectivity index (χ1) is 12.1. The van der Waals surface area contributed by atoms with Crippen LogP contribution < -0.4 is 0 Å². The van der Waals surface area contributed by atoms with E-state index in [1.807, 2.05) is 13.4 Å². The van der Waals surface area contributed by atoms with Crippen molar-refractivity contribution in [3.63, 3.8) is 0 Å². The number of hydrogen-bond acceptors (Lipinski definition) is 3. The van der Waals surface area contributed by atoms with E-state index in [2.05, 4.69) is 71.4 Å². The third-order valence-electron chi connectivity index (χ3n) is 5.42. The summed E-state index contributed by atoms with van der Waals surface area (Å²) in [5.74, 6) is 0. The van der Waals surface area contributed by atoms with E-state index in [4.69, 9.17) is 4.74 Å². The van der Waals surface area contributed by atoms with Crippen LogP contribution in [0.15, 0.2) is 59.6 Å². The van der Waals surface area contributed by atoms with Crippen LogP contribution >= 0.6 is 0 Å². The first kappa shape index (κ1) is 16.3. The summed E-state index contributed by atoms with van der Waals surface area (Å²) in [6.07, 6.45) is 6.48. The van der Waals surface area contributed by atoms with E-state index in [0.717, 1.165) is 19.4 Å². The Bertz CT molecular complexity index is 747. The molecule has 1 unspecified atom stereocenters. The van der Waals surface area contributed by atoms with Gasteiger partial charge in [0.05, 0.1) is 18.5 Å². The van der Waals surface area contributed by atoms with Gasteiger partial charge in [0.15, 0.2) is 5.72 Å². The molecule has 3 heteroatoms. The molecular weight excluding hydrogens is 308 g/mol. The highest BCUT2D eigenvalue weighted by Crippen LogP contribution is 2.46. The van der Waals surface area contributed by atoms with Gasteiger partial charge in [-0.1, -0.05) is 67.4 Å². The summed E-state index contributed by atoms with van der Waals surface area (Å²) in [4.78, 5) is 6.72. The van der Waals surface area contributed by atoms with Crippen LogP contribution in [0.1, 0.15) is 38.2 Å². The molecule has 1 saturated carbocycles. The maximum Gasteiger partial charge on any atom is 0.176 e. The topological polar surface area (TPSA) is 24.8 Å². The highest BCUT2D eigenvalue weighted by molar-refractivity contribution is 5.63. The molecule has 4 rings (SSSR count). The number of benzene rings is 2. The minimum Gasteiger partial charge on any atom is -0.361 e. The van der Waals surface area contributed by atoms with Crippen molar-refractivity contribution in [2.45, 2.75) is 43.9 Å². The van der Waals surface area contributed by atoms with Crippen LogP contribution in [-0.2, 0) is 10.3 Å². The smallest absolute Gasteiger partial charge is 0.176 e. The zero-order chi connectivity index (χ0) is 17.3. The molecule has 0 amide bonds. The lowest BCUT2D eigenvalue weighted by Crippen LogP contribution is -2.41. The molecule has 1 fully saturated rings. The van der Waals surface area contributed by atoms with Gasteiger partial charge in [-0.15, -0.1) is 0 Å². The van der Waals surface area contributed by atoms with Gasteiger partial charge in [0, 0.05) is 7.05 Å². The fourth-order valence-corrected chi connectivity index (χ4v) is 4.24. The molecule has 3 nitrogen and oxygen atoms in total. The number of rotatable bonds is 4. The van der Waals surface area contributed by atoms with Crippen molar-refractivity contribution in [1.29, 1.82) is 0 Å². The molecular formula is C22H26N2O. The average molecular weight is 334 g/mol. The third kappa shape index (κ3) is 3.21. The Morgan fingerprint density at radius 1 is 0.920 bits per heavy atom. The molecule has 1 aliphatic carbocycles. The molecule has 2 aromatic rings. The third-order valence-corrected chi connectivity index (χ3v) is 5.42. The molecule has 0 N–H and O–H groups in total. The maximum absolute atomic E-state index is 6.71. The molecule has 0 saturated heterocycles. The van der Waals surface area contributed by atoms with Crippen LogP contribution in [0.4, 0.5) is 0 Å². The molecule has 1 atom stereocenters. The van der Waals surface area contributed by atoms with Crippen molar-refractivity contribution in [3.05, 3.63) is 60.2 Å². The Labute approximate surface area is 150 Å². The maximum atomic E-state index is 6.71. The zero-order valence-corrected chi connectivity index (χ0v) is 15.1. The fraction of sp³-hybridized carbons (Fsp3) is 0.409. The Morgan fingerprint density at radius 2 is 1.56 bits per heavy atom. The number of nitrogens with zero attached hydrogens (tertiary/aromatic N) is 2. The Kier molecular flexibility index (Phi) is 4.12. The summed E-state index contributed by atoms with van der Waals surface area (Å²) in [5, 5.41) is 0. The zero-order valence-electron chi connectivity index (χ0n) is 15.1. The van der Waals surface area contributed by atoms with Gasteiger partial charge in [0.2, 0.25) is 0 Å². The average Bonchev–Trinajstić information content (AvgIpc) is 3.23. The van der Waals surface area contributed by atoms with Crippen molar-refractivity contribution in [2.24, 2.45) is 4.99 Å². The van der Waals surface area contributed by atoms with E-state index in [9.17, 15) is 0 Å². The number of likely N-dealkylation sites (N-methyl/N-ethyl adjacent to an activating group) is 1. The number of ether oxygens (including phenoxy) is 1. The Hall–Kier alpha value is -2.13. The monoisotopic (exact) mass is 334 g/mol. The molecule has 0 radical (unpaired) electrons. The Balaban J connectivity index is 1.62. The van der Waals surface area contributed by atoms with Crippen molar-refractivity contribution < 1.29 is 4.74 Å². The lowest BCUT2D eigenvalue weighted by atomic mass is 9.89. The van der Waals surface area contributed by atoms with E-state index in [-0.39, 0.29) is 5.60 Å². The molecule has 2 aromatic carbocycles. The lowest BCUT2D eigenvalue weighted by Gasteiger charge is -2.37. The number of hydrogen-bond donors (Lipinski definition) is 0. The summed E-state index contributed by atoms with van der Waals surface area (Å²) in [7, 11) is 2.05. The SMILES string of the molecule is CN1C=NC(C)(OC2(c3ccc(-c4ccccc4)cc3)CCCC2)C1. The second kappa shape index (κ2) is 6.30. The summed E-state index contributed by atoms with van der Waals surface area (Å²) in [6.45, 7) is 2.92. The van der Waals surface area contributed by atoms with Gasteiger partial charge in [0.25, 0.3) is 0 Å². The second-order valence-electron chi connectivity index (χ2n) is 7.58.